The van der Waals surface area contributed by atoms with Gasteiger partial charge in [0.1, 0.15) is 0 Å². The molecule has 2 N–H and O–H groups in total. The van der Waals surface area contributed by atoms with E-state index in [2.05, 4.69) is 11.4 Å². The molecule has 102 valence electrons. The lowest BCUT2D eigenvalue weighted by molar-refractivity contribution is 0.235. The highest BCUT2D eigenvalue weighted by Crippen LogP contribution is 2.20. The van der Waals surface area contributed by atoms with Gasteiger partial charge in [0.05, 0.1) is 24.3 Å². The van der Waals surface area contributed by atoms with Crippen LogP contribution in [0.1, 0.15) is 35.7 Å². The molecule has 0 radical (unpaired) electrons. The lowest BCUT2D eigenvalue weighted by Gasteiger charge is -2.22. The summed E-state index contributed by atoms with van der Waals surface area (Å²) in [6.45, 7) is 2.06. The van der Waals surface area contributed by atoms with Crippen molar-refractivity contribution in [2.45, 2.75) is 19.0 Å². The van der Waals surface area contributed by atoms with Gasteiger partial charge in [-0.3, -0.25) is 0 Å². The topological polar surface area (TPSA) is 56.0 Å². The van der Waals surface area contributed by atoms with Crippen LogP contribution in [0.3, 0.4) is 0 Å². The van der Waals surface area contributed by atoms with Gasteiger partial charge in [0.2, 0.25) is 0 Å². The molecule has 0 spiro atoms. The fourth-order valence-corrected chi connectivity index (χ4v) is 2.22. The highest BCUT2D eigenvalue weighted by Gasteiger charge is 2.14. The quantitative estimate of drug-likeness (QED) is 0.874. The largest absolute Gasteiger partial charge is 0.394 e. The molecule has 0 aliphatic heterocycles. The molecule has 0 aliphatic carbocycles. The smallest absolute Gasteiger partial charge is 0.0991 e. The van der Waals surface area contributed by atoms with Crippen molar-refractivity contribution < 1.29 is 5.11 Å². The predicted molar refractivity (Wildman–Crippen MR) is 79.0 cm³/mol. The summed E-state index contributed by atoms with van der Waals surface area (Å²) < 4.78 is 0. The molecule has 0 amide bonds. The van der Waals surface area contributed by atoms with E-state index >= 15 is 0 Å². The van der Waals surface area contributed by atoms with E-state index in [0.717, 1.165) is 11.1 Å². The Balaban J connectivity index is 2.13. The number of benzene rings is 2. The van der Waals surface area contributed by atoms with E-state index in [1.807, 2.05) is 55.5 Å². The Morgan fingerprint density at radius 2 is 1.80 bits per heavy atom. The number of nitrogens with zero attached hydrogens (tertiary/aromatic N) is 1. The zero-order valence-electron chi connectivity index (χ0n) is 11.5. The Kier molecular flexibility index (Phi) is 4.89. The second-order valence-corrected chi connectivity index (χ2v) is 4.77. The van der Waals surface area contributed by atoms with Crippen molar-refractivity contribution in [3.05, 3.63) is 71.3 Å². The van der Waals surface area contributed by atoms with E-state index in [0.29, 0.717) is 5.56 Å². The number of hydrogen-bond donors (Lipinski definition) is 2. The van der Waals surface area contributed by atoms with Gasteiger partial charge in [-0.2, -0.15) is 5.26 Å². The molecular weight excluding hydrogens is 248 g/mol. The van der Waals surface area contributed by atoms with Gasteiger partial charge >= 0.3 is 0 Å². The minimum Gasteiger partial charge on any atom is -0.394 e. The van der Waals surface area contributed by atoms with Crippen molar-refractivity contribution >= 4 is 0 Å². The van der Waals surface area contributed by atoms with Crippen molar-refractivity contribution in [2.24, 2.45) is 0 Å². The minimum absolute atomic E-state index is 0.0340. The first kappa shape index (κ1) is 14.3. The van der Waals surface area contributed by atoms with Gasteiger partial charge in [-0.05, 0) is 30.2 Å². The molecule has 3 nitrogen and oxygen atoms in total. The second-order valence-electron chi connectivity index (χ2n) is 4.77. The monoisotopic (exact) mass is 266 g/mol. The lowest BCUT2D eigenvalue weighted by Crippen LogP contribution is -2.27. The van der Waals surface area contributed by atoms with Crippen molar-refractivity contribution in [3.63, 3.8) is 0 Å². The van der Waals surface area contributed by atoms with E-state index in [4.69, 9.17) is 5.26 Å². The van der Waals surface area contributed by atoms with E-state index in [9.17, 15) is 5.11 Å². The molecule has 3 heteroatoms. The minimum atomic E-state index is -0.114. The van der Waals surface area contributed by atoms with E-state index < -0.39 is 0 Å². The molecule has 0 fully saturated rings. The van der Waals surface area contributed by atoms with Gasteiger partial charge in [0.25, 0.3) is 0 Å². The molecule has 0 aliphatic rings. The molecule has 2 unspecified atom stereocenters. The van der Waals surface area contributed by atoms with Crippen LogP contribution in [0.25, 0.3) is 0 Å². The summed E-state index contributed by atoms with van der Waals surface area (Å²) in [6.07, 6.45) is 0. The van der Waals surface area contributed by atoms with Gasteiger partial charge in [-0.15, -0.1) is 0 Å². The molecule has 0 heterocycles. The summed E-state index contributed by atoms with van der Waals surface area (Å²) in [5, 5.41) is 21.9. The third-order valence-corrected chi connectivity index (χ3v) is 3.35. The number of hydrogen-bond acceptors (Lipinski definition) is 3. The number of aliphatic hydroxyl groups is 1. The van der Waals surface area contributed by atoms with Crippen LogP contribution in [0.2, 0.25) is 0 Å². The number of nitrogens with one attached hydrogen (secondary N) is 1. The fourth-order valence-electron chi connectivity index (χ4n) is 2.22. The van der Waals surface area contributed by atoms with Crippen LogP contribution in [0.4, 0.5) is 0 Å². The first-order valence-electron chi connectivity index (χ1n) is 6.66. The van der Waals surface area contributed by atoms with Gasteiger partial charge in [-0.25, -0.2) is 0 Å². The van der Waals surface area contributed by atoms with E-state index in [1.165, 1.54) is 0 Å². The van der Waals surface area contributed by atoms with Gasteiger partial charge in [0, 0.05) is 6.04 Å². The third-order valence-electron chi connectivity index (χ3n) is 3.35. The Labute approximate surface area is 119 Å². The SMILES string of the molecule is CC(NC(CO)c1ccccc1)c1cccc(C#N)c1. The first-order chi connectivity index (χ1) is 9.74. The Bertz CT molecular complexity index is 589. The maximum atomic E-state index is 9.56. The van der Waals surface area contributed by atoms with E-state index in [-0.39, 0.29) is 18.7 Å². The molecule has 20 heavy (non-hydrogen) atoms. The summed E-state index contributed by atoms with van der Waals surface area (Å²) in [5.41, 5.74) is 2.74. The number of aliphatic hydroxyl groups excluding tert-OH is 1. The van der Waals surface area contributed by atoms with Crippen molar-refractivity contribution in [2.75, 3.05) is 6.61 Å². The molecule has 0 bridgehead atoms. The fraction of sp³-hybridized carbons (Fsp3) is 0.235. The summed E-state index contributed by atoms with van der Waals surface area (Å²) in [6, 6.07) is 19.5. The average molecular weight is 266 g/mol. The molecule has 0 saturated heterocycles. The molecule has 2 atom stereocenters. The molecular formula is C17H18N2O. The van der Waals surface area contributed by atoms with Crippen LogP contribution in [-0.2, 0) is 0 Å². The van der Waals surface area contributed by atoms with Crippen molar-refractivity contribution in [3.8, 4) is 6.07 Å². The molecule has 2 aromatic carbocycles. The zero-order valence-corrected chi connectivity index (χ0v) is 11.5. The summed E-state index contributed by atoms with van der Waals surface area (Å²) in [5.74, 6) is 0. The maximum Gasteiger partial charge on any atom is 0.0991 e. The van der Waals surface area contributed by atoms with Crippen molar-refractivity contribution in [1.82, 2.24) is 5.32 Å². The summed E-state index contributed by atoms with van der Waals surface area (Å²) in [7, 11) is 0. The highest BCUT2D eigenvalue weighted by atomic mass is 16.3. The van der Waals surface area contributed by atoms with Crippen LogP contribution < -0.4 is 5.32 Å². The highest BCUT2D eigenvalue weighted by molar-refractivity contribution is 5.34. The Morgan fingerprint density at radius 1 is 1.10 bits per heavy atom. The summed E-state index contributed by atoms with van der Waals surface area (Å²) in [4.78, 5) is 0. The average Bonchev–Trinajstić information content (AvgIpc) is 2.53. The van der Waals surface area contributed by atoms with E-state index in [1.54, 1.807) is 6.07 Å². The number of rotatable bonds is 5. The Hall–Kier alpha value is -2.15. The summed E-state index contributed by atoms with van der Waals surface area (Å²) >= 11 is 0. The Morgan fingerprint density at radius 3 is 2.45 bits per heavy atom. The molecule has 2 rings (SSSR count). The second kappa shape index (κ2) is 6.85. The van der Waals surface area contributed by atoms with Gasteiger partial charge in [0.15, 0.2) is 0 Å². The van der Waals surface area contributed by atoms with Crippen LogP contribution in [0.15, 0.2) is 54.6 Å². The third kappa shape index (κ3) is 3.45. The zero-order chi connectivity index (χ0) is 14.4. The van der Waals surface area contributed by atoms with Gasteiger partial charge in [-0.1, -0.05) is 42.5 Å². The number of nitriles is 1. The van der Waals surface area contributed by atoms with Crippen molar-refractivity contribution in [1.29, 1.82) is 5.26 Å². The maximum absolute atomic E-state index is 9.56. The van der Waals surface area contributed by atoms with Crippen LogP contribution in [-0.4, -0.2) is 11.7 Å². The first-order valence-corrected chi connectivity index (χ1v) is 6.66. The van der Waals surface area contributed by atoms with Gasteiger partial charge < -0.3 is 10.4 Å². The normalized spacial score (nSPS) is 13.4. The van der Waals surface area contributed by atoms with Crippen LogP contribution in [0.5, 0.6) is 0 Å². The lowest BCUT2D eigenvalue weighted by atomic mass is 10.0. The van der Waals surface area contributed by atoms with Crippen LogP contribution >= 0.6 is 0 Å². The molecule has 0 aromatic heterocycles. The standard InChI is InChI=1S/C17H18N2O/c1-13(16-9-5-6-14(10-16)11-18)19-17(12-20)15-7-3-2-4-8-15/h2-10,13,17,19-20H,12H2,1H3. The molecule has 0 saturated carbocycles. The molecule has 2 aromatic rings. The predicted octanol–water partition coefficient (Wildman–Crippen LogP) is 2.94. The van der Waals surface area contributed by atoms with Crippen LogP contribution in [0, 0.1) is 11.3 Å².